The summed E-state index contributed by atoms with van der Waals surface area (Å²) in [5, 5.41) is 12.9. The number of nitrogens with zero attached hydrogens (tertiary/aromatic N) is 3. The van der Waals surface area contributed by atoms with E-state index < -0.39 is 0 Å². The number of carbonyl (C=O) groups excluding carboxylic acids is 2. The molecule has 0 bridgehead atoms. The van der Waals surface area contributed by atoms with Gasteiger partial charge in [0.1, 0.15) is 11.9 Å². The van der Waals surface area contributed by atoms with E-state index in [-0.39, 0.29) is 42.9 Å². The summed E-state index contributed by atoms with van der Waals surface area (Å²) in [6.07, 6.45) is 7.90. The van der Waals surface area contributed by atoms with Crippen molar-refractivity contribution < 1.29 is 19.4 Å². The number of carbonyl (C=O) groups is 2. The number of aliphatic hydroxyl groups excluding tert-OH is 1. The van der Waals surface area contributed by atoms with E-state index in [4.69, 9.17) is 4.74 Å². The molecule has 1 aliphatic carbocycles. The van der Waals surface area contributed by atoms with E-state index in [0.29, 0.717) is 24.4 Å². The lowest BCUT2D eigenvalue weighted by molar-refractivity contribution is -0.134. The number of likely N-dealkylation sites (N-methyl/N-ethyl adjacent to an activating group) is 1. The smallest absolute Gasteiger partial charge is 0.227 e. The molecule has 1 aromatic carbocycles. The number of nitrogens with one attached hydrogen (secondary N) is 1. The largest absolute Gasteiger partial charge is 0.488 e. The molecule has 214 valence electrons. The van der Waals surface area contributed by atoms with Crippen molar-refractivity contribution in [3.8, 4) is 5.75 Å². The van der Waals surface area contributed by atoms with Gasteiger partial charge in [0.25, 0.3) is 0 Å². The van der Waals surface area contributed by atoms with E-state index in [9.17, 15) is 14.7 Å². The summed E-state index contributed by atoms with van der Waals surface area (Å²) in [7, 11) is 6.16. The lowest BCUT2D eigenvalue weighted by Gasteiger charge is -2.35. The standard InChI is InChI=1S/C30H50N4O4/c1-22-18-34(23(2)21-35)30(37)17-25-16-26(31-29(36)12-9-15-32(3)4)13-14-27(25)38-28(22)20-33(5)19-24-10-7-6-8-11-24/h13-14,16,22-24,28,35H,6-12,15,17-21H2,1-5H3,(H,31,36)/t22-,23+,28+/m0/s1. The molecule has 0 radical (unpaired) electrons. The molecular formula is C30H50N4O4. The van der Waals surface area contributed by atoms with Crippen LogP contribution in [0.2, 0.25) is 0 Å². The van der Waals surface area contributed by atoms with E-state index in [1.54, 1.807) is 4.90 Å². The van der Waals surface area contributed by atoms with Crippen LogP contribution in [0, 0.1) is 11.8 Å². The Morgan fingerprint density at radius 1 is 1.18 bits per heavy atom. The Balaban J connectivity index is 1.78. The number of benzene rings is 1. The highest BCUT2D eigenvalue weighted by molar-refractivity contribution is 5.91. The summed E-state index contributed by atoms with van der Waals surface area (Å²) in [5.74, 6) is 1.46. The number of anilines is 1. The predicted molar refractivity (Wildman–Crippen MR) is 152 cm³/mol. The van der Waals surface area contributed by atoms with Crippen LogP contribution < -0.4 is 10.1 Å². The van der Waals surface area contributed by atoms with Crippen molar-refractivity contribution in [2.24, 2.45) is 11.8 Å². The first kappa shape index (κ1) is 30.4. The molecule has 8 heteroatoms. The van der Waals surface area contributed by atoms with E-state index in [2.05, 4.69) is 29.1 Å². The maximum Gasteiger partial charge on any atom is 0.227 e. The zero-order valence-electron chi connectivity index (χ0n) is 24.2. The molecule has 1 aromatic rings. The van der Waals surface area contributed by atoms with Crippen molar-refractivity contribution in [2.75, 3.05) is 59.2 Å². The molecule has 0 aromatic heterocycles. The highest BCUT2D eigenvalue weighted by atomic mass is 16.5. The Bertz CT molecular complexity index is 902. The Morgan fingerprint density at radius 2 is 1.92 bits per heavy atom. The minimum atomic E-state index is -0.272. The van der Waals surface area contributed by atoms with Crippen molar-refractivity contribution in [3.63, 3.8) is 0 Å². The minimum absolute atomic E-state index is 0.0334. The number of rotatable bonds is 11. The lowest BCUT2D eigenvalue weighted by Crippen LogP contribution is -2.48. The summed E-state index contributed by atoms with van der Waals surface area (Å²) in [5.41, 5.74) is 1.44. The van der Waals surface area contributed by atoms with E-state index in [0.717, 1.165) is 37.5 Å². The Morgan fingerprint density at radius 3 is 2.61 bits per heavy atom. The van der Waals surface area contributed by atoms with Crippen molar-refractivity contribution in [3.05, 3.63) is 23.8 Å². The molecule has 1 fully saturated rings. The highest BCUT2D eigenvalue weighted by Crippen LogP contribution is 2.30. The number of hydrogen-bond acceptors (Lipinski definition) is 6. The van der Waals surface area contributed by atoms with Gasteiger partial charge in [-0.25, -0.2) is 0 Å². The molecule has 0 unspecified atom stereocenters. The normalized spacial score (nSPS) is 21.9. The third-order valence-electron chi connectivity index (χ3n) is 8.00. The average Bonchev–Trinajstić information content (AvgIpc) is 2.91. The van der Waals surface area contributed by atoms with Gasteiger partial charge in [0, 0.05) is 43.2 Å². The maximum atomic E-state index is 13.4. The molecule has 0 spiro atoms. The minimum Gasteiger partial charge on any atom is -0.488 e. The zero-order chi connectivity index (χ0) is 27.7. The fraction of sp³-hybridized carbons (Fsp3) is 0.733. The second kappa shape index (κ2) is 14.8. The summed E-state index contributed by atoms with van der Waals surface area (Å²) in [6, 6.07) is 5.36. The molecule has 0 saturated heterocycles. The van der Waals surface area contributed by atoms with Crippen LogP contribution in [-0.2, 0) is 16.0 Å². The molecule has 38 heavy (non-hydrogen) atoms. The number of hydrogen-bond donors (Lipinski definition) is 2. The summed E-state index contributed by atoms with van der Waals surface area (Å²) >= 11 is 0. The fourth-order valence-corrected chi connectivity index (χ4v) is 5.70. The molecule has 3 atom stereocenters. The van der Waals surface area contributed by atoms with E-state index >= 15 is 0 Å². The molecular weight excluding hydrogens is 480 g/mol. The molecule has 2 N–H and O–H groups in total. The summed E-state index contributed by atoms with van der Waals surface area (Å²) < 4.78 is 6.65. The zero-order valence-corrected chi connectivity index (χ0v) is 24.2. The summed E-state index contributed by atoms with van der Waals surface area (Å²) in [6.45, 7) is 7.17. The van der Waals surface area contributed by atoms with E-state index in [1.165, 1.54) is 32.1 Å². The van der Waals surface area contributed by atoms with Gasteiger partial charge < -0.3 is 29.9 Å². The molecule has 2 amide bonds. The quantitative estimate of drug-likeness (QED) is 0.455. The first-order valence-electron chi connectivity index (χ1n) is 14.5. The van der Waals surface area contributed by atoms with Crippen LogP contribution in [0.1, 0.15) is 64.4 Å². The van der Waals surface area contributed by atoms with Crippen molar-refractivity contribution in [2.45, 2.75) is 77.4 Å². The predicted octanol–water partition coefficient (Wildman–Crippen LogP) is 3.63. The molecule has 1 aliphatic heterocycles. The monoisotopic (exact) mass is 530 g/mol. The fourth-order valence-electron chi connectivity index (χ4n) is 5.70. The Hall–Kier alpha value is -2.16. The number of aliphatic hydroxyl groups is 1. The Kier molecular flexibility index (Phi) is 11.9. The van der Waals surface area contributed by atoms with Crippen LogP contribution in [0.4, 0.5) is 5.69 Å². The second-order valence-electron chi connectivity index (χ2n) is 11.9. The van der Waals surface area contributed by atoms with Gasteiger partial charge in [-0.2, -0.15) is 0 Å². The van der Waals surface area contributed by atoms with Gasteiger partial charge in [-0.15, -0.1) is 0 Å². The van der Waals surface area contributed by atoms with Crippen LogP contribution in [0.25, 0.3) is 0 Å². The molecule has 1 heterocycles. The lowest BCUT2D eigenvalue weighted by atomic mass is 9.89. The van der Waals surface area contributed by atoms with Crippen molar-refractivity contribution in [1.82, 2.24) is 14.7 Å². The third kappa shape index (κ3) is 9.24. The van der Waals surface area contributed by atoms with Crippen molar-refractivity contribution >= 4 is 17.5 Å². The van der Waals surface area contributed by atoms with Crippen LogP contribution in [-0.4, -0.2) is 97.7 Å². The second-order valence-corrected chi connectivity index (χ2v) is 11.9. The SMILES string of the molecule is C[C@H](CO)N1C[C@H](C)[C@@H](CN(C)CC2CCCCC2)Oc2ccc(NC(=O)CCCN(C)C)cc2CC1=O. The summed E-state index contributed by atoms with van der Waals surface area (Å²) in [4.78, 5) is 32.2. The molecule has 2 aliphatic rings. The first-order valence-corrected chi connectivity index (χ1v) is 14.5. The number of fused-ring (bicyclic) bond motifs is 1. The highest BCUT2D eigenvalue weighted by Gasteiger charge is 2.31. The van der Waals surface area contributed by atoms with Gasteiger partial charge >= 0.3 is 0 Å². The topological polar surface area (TPSA) is 85.3 Å². The van der Waals surface area contributed by atoms with Crippen LogP contribution >= 0.6 is 0 Å². The van der Waals surface area contributed by atoms with Gasteiger partial charge in [0.05, 0.1) is 19.1 Å². The third-order valence-corrected chi connectivity index (χ3v) is 8.00. The molecule has 3 rings (SSSR count). The van der Waals surface area contributed by atoms with Gasteiger partial charge in [-0.1, -0.05) is 26.2 Å². The number of ether oxygens (including phenoxy) is 1. The maximum absolute atomic E-state index is 13.4. The van der Waals surface area contributed by atoms with Gasteiger partial charge in [-0.05, 0) is 78.0 Å². The molecule has 1 saturated carbocycles. The van der Waals surface area contributed by atoms with Gasteiger partial charge in [-0.3, -0.25) is 9.59 Å². The van der Waals surface area contributed by atoms with Crippen molar-refractivity contribution in [1.29, 1.82) is 0 Å². The van der Waals surface area contributed by atoms with Gasteiger partial charge in [0.15, 0.2) is 0 Å². The van der Waals surface area contributed by atoms with E-state index in [1.807, 2.05) is 39.2 Å². The number of amides is 2. The van der Waals surface area contributed by atoms with Gasteiger partial charge in [0.2, 0.25) is 11.8 Å². The first-order chi connectivity index (χ1) is 18.2. The Labute approximate surface area is 229 Å². The molecule has 8 nitrogen and oxygen atoms in total. The van der Waals surface area contributed by atoms with Crippen LogP contribution in [0.15, 0.2) is 18.2 Å². The van der Waals surface area contributed by atoms with Crippen LogP contribution in [0.3, 0.4) is 0 Å². The average molecular weight is 531 g/mol. The van der Waals surface area contributed by atoms with Crippen LogP contribution in [0.5, 0.6) is 5.75 Å².